The van der Waals surface area contributed by atoms with Crippen LogP contribution in [0.3, 0.4) is 0 Å². The van der Waals surface area contributed by atoms with E-state index < -0.39 is 0 Å². The lowest BCUT2D eigenvalue weighted by atomic mass is 10.0. The van der Waals surface area contributed by atoms with Gasteiger partial charge < -0.3 is 14.8 Å². The summed E-state index contributed by atoms with van der Waals surface area (Å²) in [7, 11) is 2.29. The summed E-state index contributed by atoms with van der Waals surface area (Å²) in [4.78, 5) is 7.46. The maximum atomic E-state index is 4.91. The second-order valence-electron chi connectivity index (χ2n) is 6.34. The first-order chi connectivity index (χ1) is 9.79. The SMILES string of the molecule is CCCc1nc2c(n1CC1CCCCN1C)CCNC2. The number of fused-ring (bicyclic) bond motifs is 1. The molecule has 0 aliphatic carbocycles. The van der Waals surface area contributed by atoms with E-state index in [1.54, 1.807) is 0 Å². The topological polar surface area (TPSA) is 33.1 Å². The van der Waals surface area contributed by atoms with Gasteiger partial charge in [-0.25, -0.2) is 4.98 Å². The number of hydrogen-bond acceptors (Lipinski definition) is 3. The molecule has 112 valence electrons. The van der Waals surface area contributed by atoms with Crippen molar-refractivity contribution in [2.45, 2.75) is 64.6 Å². The Hall–Kier alpha value is -0.870. The van der Waals surface area contributed by atoms with Crippen molar-refractivity contribution in [3.63, 3.8) is 0 Å². The van der Waals surface area contributed by atoms with Gasteiger partial charge in [-0.15, -0.1) is 0 Å². The molecule has 1 saturated heterocycles. The van der Waals surface area contributed by atoms with Crippen LogP contribution in [0, 0.1) is 0 Å². The molecule has 0 aromatic carbocycles. The number of hydrogen-bond donors (Lipinski definition) is 1. The van der Waals surface area contributed by atoms with E-state index in [-0.39, 0.29) is 0 Å². The molecule has 1 atom stereocenters. The molecule has 1 unspecified atom stereocenters. The highest BCUT2D eigenvalue weighted by molar-refractivity contribution is 5.20. The van der Waals surface area contributed by atoms with Crippen molar-refractivity contribution in [1.82, 2.24) is 19.8 Å². The predicted octanol–water partition coefficient (Wildman–Crippen LogP) is 1.97. The molecule has 3 rings (SSSR count). The van der Waals surface area contributed by atoms with Gasteiger partial charge in [0.25, 0.3) is 0 Å². The Balaban J connectivity index is 1.84. The van der Waals surface area contributed by atoms with Crippen LogP contribution in [-0.4, -0.2) is 40.6 Å². The number of nitrogens with zero attached hydrogens (tertiary/aromatic N) is 3. The zero-order valence-corrected chi connectivity index (χ0v) is 13.0. The number of rotatable bonds is 4. The van der Waals surface area contributed by atoms with E-state index in [2.05, 4.69) is 28.8 Å². The lowest BCUT2D eigenvalue weighted by Crippen LogP contribution is -2.40. The molecule has 2 aliphatic heterocycles. The zero-order valence-electron chi connectivity index (χ0n) is 13.0. The molecule has 1 aromatic heterocycles. The summed E-state index contributed by atoms with van der Waals surface area (Å²) in [6, 6.07) is 0.701. The van der Waals surface area contributed by atoms with Gasteiger partial charge in [-0.1, -0.05) is 13.3 Å². The van der Waals surface area contributed by atoms with E-state index in [9.17, 15) is 0 Å². The lowest BCUT2D eigenvalue weighted by Gasteiger charge is -2.33. The third-order valence-electron chi connectivity index (χ3n) is 4.85. The average Bonchev–Trinajstić information content (AvgIpc) is 2.80. The quantitative estimate of drug-likeness (QED) is 0.912. The molecule has 4 nitrogen and oxygen atoms in total. The van der Waals surface area contributed by atoms with Gasteiger partial charge in [-0.05, 0) is 32.9 Å². The average molecular weight is 276 g/mol. The summed E-state index contributed by atoms with van der Waals surface area (Å²) in [5, 5.41) is 3.45. The largest absolute Gasteiger partial charge is 0.330 e. The van der Waals surface area contributed by atoms with Crippen LogP contribution in [0.25, 0.3) is 0 Å². The molecule has 2 aliphatic rings. The number of piperidine rings is 1. The Bertz CT molecular complexity index is 452. The van der Waals surface area contributed by atoms with Crippen molar-refractivity contribution in [1.29, 1.82) is 0 Å². The highest BCUT2D eigenvalue weighted by Crippen LogP contribution is 2.22. The molecule has 0 bridgehead atoms. The van der Waals surface area contributed by atoms with Crippen LogP contribution < -0.4 is 5.32 Å². The maximum Gasteiger partial charge on any atom is 0.109 e. The van der Waals surface area contributed by atoms with E-state index in [1.807, 2.05) is 0 Å². The van der Waals surface area contributed by atoms with Crippen LogP contribution in [0.1, 0.15) is 49.8 Å². The molecule has 0 radical (unpaired) electrons. The van der Waals surface area contributed by atoms with Crippen LogP contribution >= 0.6 is 0 Å². The molecular formula is C16H28N4. The Morgan fingerprint density at radius 1 is 1.35 bits per heavy atom. The van der Waals surface area contributed by atoms with E-state index in [0.717, 1.165) is 32.5 Å². The van der Waals surface area contributed by atoms with Crippen LogP contribution in [0.5, 0.6) is 0 Å². The second kappa shape index (κ2) is 6.27. The number of imidazole rings is 1. The molecule has 20 heavy (non-hydrogen) atoms. The molecule has 0 saturated carbocycles. The predicted molar refractivity (Wildman–Crippen MR) is 81.9 cm³/mol. The number of likely N-dealkylation sites (N-methyl/N-ethyl adjacent to an activating group) is 1. The molecule has 0 spiro atoms. The van der Waals surface area contributed by atoms with Gasteiger partial charge in [0, 0.05) is 44.2 Å². The molecule has 0 amide bonds. The fraction of sp³-hybridized carbons (Fsp3) is 0.812. The van der Waals surface area contributed by atoms with E-state index in [4.69, 9.17) is 4.98 Å². The summed E-state index contributed by atoms with van der Waals surface area (Å²) < 4.78 is 2.56. The highest BCUT2D eigenvalue weighted by Gasteiger charge is 2.24. The van der Waals surface area contributed by atoms with Crippen molar-refractivity contribution in [3.05, 3.63) is 17.2 Å². The summed E-state index contributed by atoms with van der Waals surface area (Å²) >= 11 is 0. The molecule has 1 aromatic rings. The Labute approximate surface area is 122 Å². The Morgan fingerprint density at radius 3 is 3.05 bits per heavy atom. The molecule has 3 heterocycles. The van der Waals surface area contributed by atoms with Gasteiger partial charge in [-0.2, -0.15) is 0 Å². The van der Waals surface area contributed by atoms with Gasteiger partial charge in [-0.3, -0.25) is 0 Å². The third-order valence-corrected chi connectivity index (χ3v) is 4.85. The summed E-state index contributed by atoms with van der Waals surface area (Å²) in [5.74, 6) is 1.32. The van der Waals surface area contributed by atoms with Crippen molar-refractivity contribution < 1.29 is 0 Å². The lowest BCUT2D eigenvalue weighted by molar-refractivity contribution is 0.165. The number of aromatic nitrogens is 2. The first kappa shape index (κ1) is 14.1. The number of nitrogens with one attached hydrogen (secondary N) is 1. The standard InChI is InChI=1S/C16H28N4/c1-3-6-16-18-14-11-17-9-8-15(14)20(16)12-13-7-4-5-10-19(13)2/h13,17H,3-12H2,1-2H3. The van der Waals surface area contributed by atoms with Crippen molar-refractivity contribution >= 4 is 0 Å². The fourth-order valence-electron chi connectivity index (χ4n) is 3.64. The van der Waals surface area contributed by atoms with Crippen molar-refractivity contribution in [3.8, 4) is 0 Å². The van der Waals surface area contributed by atoms with Crippen molar-refractivity contribution in [2.24, 2.45) is 0 Å². The third kappa shape index (κ3) is 2.77. The molecule has 1 N–H and O–H groups in total. The van der Waals surface area contributed by atoms with Gasteiger partial charge in [0.05, 0.1) is 5.69 Å². The van der Waals surface area contributed by atoms with E-state index in [0.29, 0.717) is 6.04 Å². The van der Waals surface area contributed by atoms with Crippen molar-refractivity contribution in [2.75, 3.05) is 20.1 Å². The van der Waals surface area contributed by atoms with Gasteiger partial charge in [0.15, 0.2) is 0 Å². The first-order valence-corrected chi connectivity index (χ1v) is 8.27. The minimum Gasteiger partial charge on any atom is -0.330 e. The highest BCUT2D eigenvalue weighted by atomic mass is 15.2. The van der Waals surface area contributed by atoms with Gasteiger partial charge >= 0.3 is 0 Å². The van der Waals surface area contributed by atoms with E-state index >= 15 is 0 Å². The minimum absolute atomic E-state index is 0.701. The molecule has 1 fully saturated rings. The van der Waals surface area contributed by atoms with Crippen LogP contribution in [0.4, 0.5) is 0 Å². The number of likely N-dealkylation sites (tertiary alicyclic amines) is 1. The van der Waals surface area contributed by atoms with Crippen LogP contribution in [0.2, 0.25) is 0 Å². The smallest absolute Gasteiger partial charge is 0.109 e. The normalized spacial score (nSPS) is 23.8. The second-order valence-corrected chi connectivity index (χ2v) is 6.34. The first-order valence-electron chi connectivity index (χ1n) is 8.27. The summed E-state index contributed by atoms with van der Waals surface area (Å²) in [6.45, 7) is 6.72. The van der Waals surface area contributed by atoms with E-state index in [1.165, 1.54) is 49.4 Å². The maximum absolute atomic E-state index is 4.91. The summed E-state index contributed by atoms with van der Waals surface area (Å²) in [6.07, 6.45) is 7.53. The monoisotopic (exact) mass is 276 g/mol. The van der Waals surface area contributed by atoms with Gasteiger partial charge in [0.1, 0.15) is 5.82 Å². The Kier molecular flexibility index (Phi) is 4.41. The van der Waals surface area contributed by atoms with Gasteiger partial charge in [0.2, 0.25) is 0 Å². The van der Waals surface area contributed by atoms with Crippen LogP contribution in [-0.2, 0) is 25.9 Å². The van der Waals surface area contributed by atoms with Crippen LogP contribution in [0.15, 0.2) is 0 Å². The fourth-order valence-corrected chi connectivity index (χ4v) is 3.64. The Morgan fingerprint density at radius 2 is 2.25 bits per heavy atom. The minimum atomic E-state index is 0.701. The summed E-state index contributed by atoms with van der Waals surface area (Å²) in [5.41, 5.74) is 2.81. The zero-order chi connectivity index (χ0) is 13.9. The molecular weight excluding hydrogens is 248 g/mol. The number of aryl methyl sites for hydroxylation is 1. The molecule has 4 heteroatoms.